The largest absolute Gasteiger partial charge is 0.544 e. The lowest BCUT2D eigenvalue weighted by molar-refractivity contribution is -0.726. The highest BCUT2D eigenvalue weighted by Crippen LogP contribution is 2.30. The number of hydrogen-bond donors (Lipinski definition) is 2. The van der Waals surface area contributed by atoms with Crippen molar-refractivity contribution in [1.82, 2.24) is 4.98 Å². The summed E-state index contributed by atoms with van der Waals surface area (Å²) < 4.78 is 0. The number of nitrogens with one attached hydrogen (secondary N) is 1. The van der Waals surface area contributed by atoms with Crippen molar-refractivity contribution >= 4 is 16.9 Å². The van der Waals surface area contributed by atoms with E-state index >= 15 is 0 Å². The van der Waals surface area contributed by atoms with Gasteiger partial charge >= 0.3 is 0 Å². The van der Waals surface area contributed by atoms with Gasteiger partial charge in [0.25, 0.3) is 0 Å². The number of quaternary nitrogens is 1. The number of aromatic nitrogens is 1. The number of hydrogen-bond acceptors (Lipinski definition) is 2. The fourth-order valence-electron chi connectivity index (χ4n) is 3.62. The molecule has 0 fully saturated rings. The van der Waals surface area contributed by atoms with Gasteiger partial charge in [-0.25, -0.2) is 0 Å². The average molecular weight is 300 g/mol. The Morgan fingerprint density at radius 1 is 1.32 bits per heavy atom. The standard InChI is InChI=1S/C18H24N2O2/c1-2-3-4-5-10-15-17-13(11-16(19-15)18(21)22)12-8-6-7-9-14(12)20-17/h6-9,15-16,19-20H,2-5,10-11H2,1H3,(H,21,22)/t15-,16+/m1/s1. The number of carboxylic acids is 1. The van der Waals surface area contributed by atoms with Crippen LogP contribution in [0.3, 0.4) is 0 Å². The Hall–Kier alpha value is -1.81. The molecule has 4 nitrogen and oxygen atoms in total. The molecular formula is C18H24N2O2. The normalized spacial score (nSPS) is 21.0. The molecule has 0 saturated carbocycles. The van der Waals surface area contributed by atoms with Crippen molar-refractivity contribution in [3.8, 4) is 0 Å². The highest BCUT2D eigenvalue weighted by Gasteiger charge is 2.33. The van der Waals surface area contributed by atoms with Crippen LogP contribution in [0, 0.1) is 0 Å². The predicted molar refractivity (Wildman–Crippen MR) is 84.2 cm³/mol. The number of rotatable bonds is 6. The Labute approximate surface area is 130 Å². The van der Waals surface area contributed by atoms with Crippen LogP contribution in [-0.4, -0.2) is 17.0 Å². The molecule has 0 radical (unpaired) electrons. The van der Waals surface area contributed by atoms with Crippen LogP contribution in [0.5, 0.6) is 0 Å². The third-order valence-corrected chi connectivity index (χ3v) is 4.78. The number of benzene rings is 1. The third kappa shape index (κ3) is 2.88. The number of aliphatic carboxylic acids is 1. The smallest absolute Gasteiger partial charge is 0.131 e. The van der Waals surface area contributed by atoms with Gasteiger partial charge < -0.3 is 20.2 Å². The zero-order valence-electron chi connectivity index (χ0n) is 13.1. The molecule has 3 rings (SSSR count). The van der Waals surface area contributed by atoms with Gasteiger partial charge in [0.15, 0.2) is 0 Å². The van der Waals surface area contributed by atoms with Crippen molar-refractivity contribution in [1.29, 1.82) is 0 Å². The van der Waals surface area contributed by atoms with Crippen molar-refractivity contribution in [2.45, 2.75) is 57.5 Å². The minimum absolute atomic E-state index is 0.205. The first-order chi connectivity index (χ1) is 10.7. The fraction of sp³-hybridized carbons (Fsp3) is 0.500. The van der Waals surface area contributed by atoms with Crippen LogP contribution in [-0.2, 0) is 11.2 Å². The van der Waals surface area contributed by atoms with E-state index in [9.17, 15) is 9.90 Å². The van der Waals surface area contributed by atoms with E-state index in [0.29, 0.717) is 6.42 Å². The molecule has 2 heterocycles. The van der Waals surface area contributed by atoms with Crippen LogP contribution in [0.4, 0.5) is 0 Å². The quantitative estimate of drug-likeness (QED) is 0.792. The number of nitrogens with two attached hydrogens (primary N) is 1. The van der Waals surface area contributed by atoms with E-state index in [1.54, 1.807) is 0 Å². The summed E-state index contributed by atoms with van der Waals surface area (Å²) >= 11 is 0. The molecule has 1 aromatic heterocycles. The molecular weight excluding hydrogens is 276 g/mol. The van der Waals surface area contributed by atoms with Gasteiger partial charge in [-0.15, -0.1) is 0 Å². The molecule has 2 aromatic rings. The summed E-state index contributed by atoms with van der Waals surface area (Å²) in [6.45, 7) is 2.20. The lowest BCUT2D eigenvalue weighted by atomic mass is 9.91. The maximum absolute atomic E-state index is 11.4. The summed E-state index contributed by atoms with van der Waals surface area (Å²) in [4.78, 5) is 14.9. The molecule has 1 aliphatic rings. The summed E-state index contributed by atoms with van der Waals surface area (Å²) in [6.07, 6.45) is 6.39. The minimum atomic E-state index is -0.950. The Balaban J connectivity index is 1.88. The highest BCUT2D eigenvalue weighted by molar-refractivity contribution is 5.86. The number of carbonyl (C=O) groups excluding carboxylic acids is 1. The van der Waals surface area contributed by atoms with Crippen molar-refractivity contribution < 1.29 is 15.2 Å². The second-order valence-electron chi connectivity index (χ2n) is 6.34. The van der Waals surface area contributed by atoms with Crippen LogP contribution >= 0.6 is 0 Å². The molecule has 118 valence electrons. The van der Waals surface area contributed by atoms with Crippen LogP contribution in [0.15, 0.2) is 24.3 Å². The van der Waals surface area contributed by atoms with Crippen LogP contribution < -0.4 is 10.4 Å². The van der Waals surface area contributed by atoms with Crippen molar-refractivity contribution in [2.75, 3.05) is 0 Å². The molecule has 0 saturated heterocycles. The van der Waals surface area contributed by atoms with Gasteiger partial charge in [-0.3, -0.25) is 0 Å². The molecule has 0 bridgehead atoms. The molecule has 2 atom stereocenters. The first-order valence-electron chi connectivity index (χ1n) is 8.36. The van der Waals surface area contributed by atoms with E-state index in [-0.39, 0.29) is 6.04 Å². The number of aromatic amines is 1. The van der Waals surface area contributed by atoms with Crippen LogP contribution in [0.1, 0.15) is 56.3 Å². The zero-order valence-corrected chi connectivity index (χ0v) is 13.1. The van der Waals surface area contributed by atoms with E-state index in [0.717, 1.165) is 23.7 Å². The molecule has 0 spiro atoms. The Morgan fingerprint density at radius 3 is 2.91 bits per heavy atom. The number of fused-ring (bicyclic) bond motifs is 3. The lowest BCUT2D eigenvalue weighted by Gasteiger charge is -2.28. The molecule has 0 unspecified atom stereocenters. The summed E-state index contributed by atoms with van der Waals surface area (Å²) in [5, 5.41) is 14.5. The minimum Gasteiger partial charge on any atom is -0.544 e. The van der Waals surface area contributed by atoms with E-state index in [2.05, 4.69) is 24.0 Å². The number of carbonyl (C=O) groups is 1. The van der Waals surface area contributed by atoms with Crippen LogP contribution in [0.25, 0.3) is 10.9 Å². The Bertz CT molecular complexity index is 662. The first-order valence-corrected chi connectivity index (χ1v) is 8.36. The monoisotopic (exact) mass is 300 g/mol. The molecule has 0 amide bonds. The van der Waals surface area contributed by atoms with Gasteiger partial charge in [0.2, 0.25) is 0 Å². The summed E-state index contributed by atoms with van der Waals surface area (Å²) in [7, 11) is 0. The van der Waals surface area contributed by atoms with Gasteiger partial charge in [-0.2, -0.15) is 0 Å². The number of unbranched alkanes of at least 4 members (excludes halogenated alkanes) is 3. The molecule has 22 heavy (non-hydrogen) atoms. The van der Waals surface area contributed by atoms with Gasteiger partial charge in [0.05, 0.1) is 11.7 Å². The predicted octanol–water partition coefficient (Wildman–Crippen LogP) is 1.42. The van der Waals surface area contributed by atoms with Crippen molar-refractivity contribution in [3.63, 3.8) is 0 Å². The molecule has 3 N–H and O–H groups in total. The van der Waals surface area contributed by atoms with E-state index in [1.807, 2.05) is 17.4 Å². The Kier molecular flexibility index (Phi) is 4.48. The number of H-pyrrole nitrogens is 1. The average Bonchev–Trinajstić information content (AvgIpc) is 2.90. The third-order valence-electron chi connectivity index (χ3n) is 4.78. The number of carboxylic acid groups (broad SMARTS) is 1. The second kappa shape index (κ2) is 6.53. The van der Waals surface area contributed by atoms with E-state index in [1.165, 1.54) is 30.5 Å². The summed E-state index contributed by atoms with van der Waals surface area (Å²) in [6, 6.07) is 7.91. The molecule has 1 aromatic carbocycles. The lowest BCUT2D eigenvalue weighted by Crippen LogP contribution is -2.95. The Morgan fingerprint density at radius 2 is 2.14 bits per heavy atom. The fourth-order valence-corrected chi connectivity index (χ4v) is 3.62. The molecule has 1 aliphatic heterocycles. The van der Waals surface area contributed by atoms with Crippen molar-refractivity contribution in [3.05, 3.63) is 35.5 Å². The maximum atomic E-state index is 11.4. The number of para-hydroxylation sites is 1. The van der Waals surface area contributed by atoms with E-state index < -0.39 is 12.0 Å². The summed E-state index contributed by atoms with van der Waals surface area (Å²) in [5.74, 6) is -0.950. The van der Waals surface area contributed by atoms with E-state index in [4.69, 9.17) is 0 Å². The van der Waals surface area contributed by atoms with Gasteiger partial charge in [-0.1, -0.05) is 44.4 Å². The molecule has 0 aliphatic carbocycles. The topological polar surface area (TPSA) is 72.5 Å². The molecule has 4 heteroatoms. The second-order valence-corrected chi connectivity index (χ2v) is 6.34. The highest BCUT2D eigenvalue weighted by atomic mass is 16.4. The van der Waals surface area contributed by atoms with Crippen molar-refractivity contribution in [2.24, 2.45) is 0 Å². The zero-order chi connectivity index (χ0) is 15.5. The maximum Gasteiger partial charge on any atom is 0.131 e. The van der Waals surface area contributed by atoms with Gasteiger partial charge in [0.1, 0.15) is 12.1 Å². The van der Waals surface area contributed by atoms with Gasteiger partial charge in [-0.05, 0) is 18.1 Å². The van der Waals surface area contributed by atoms with Crippen LogP contribution in [0.2, 0.25) is 0 Å². The first kappa shape index (κ1) is 15.1. The SMILES string of the molecule is CCCCCC[C@H]1[NH2+][C@H](C(=O)[O-])Cc2c1[nH]c1ccccc21. The van der Waals surface area contributed by atoms with Gasteiger partial charge in [0, 0.05) is 23.7 Å². The summed E-state index contributed by atoms with van der Waals surface area (Å²) in [5.41, 5.74) is 3.50.